The van der Waals surface area contributed by atoms with Gasteiger partial charge < -0.3 is 9.64 Å². The first-order valence-corrected chi connectivity index (χ1v) is 14.7. The van der Waals surface area contributed by atoms with Gasteiger partial charge in [-0.2, -0.15) is 0 Å². The van der Waals surface area contributed by atoms with Gasteiger partial charge in [0.1, 0.15) is 5.82 Å². The van der Waals surface area contributed by atoms with Crippen molar-refractivity contribution in [3.8, 4) is 11.1 Å². The Morgan fingerprint density at radius 2 is 1.79 bits per heavy atom. The Morgan fingerprint density at radius 1 is 1.03 bits per heavy atom. The number of ether oxygens (including phenoxy) is 1. The average Bonchev–Trinajstić information content (AvgIpc) is 3.69. The van der Waals surface area contributed by atoms with Crippen LogP contribution in [0, 0.1) is 11.7 Å². The van der Waals surface area contributed by atoms with Crippen LogP contribution in [0.3, 0.4) is 0 Å². The van der Waals surface area contributed by atoms with Gasteiger partial charge in [0.15, 0.2) is 9.84 Å². The van der Waals surface area contributed by atoms with Crippen molar-refractivity contribution in [2.45, 2.75) is 43.5 Å². The van der Waals surface area contributed by atoms with Gasteiger partial charge in [-0.05, 0) is 71.7 Å². The van der Waals surface area contributed by atoms with Crippen molar-refractivity contribution in [1.82, 2.24) is 4.90 Å². The summed E-state index contributed by atoms with van der Waals surface area (Å²) in [5.74, 6) is -0.656. The number of carbonyl (C=O) groups excluding carboxylic acids is 2. The highest BCUT2D eigenvalue weighted by atomic mass is 32.2. The summed E-state index contributed by atoms with van der Waals surface area (Å²) in [6.07, 6.45) is 2.25. The molecule has 1 fully saturated rings. The van der Waals surface area contributed by atoms with Crippen LogP contribution in [0.2, 0.25) is 0 Å². The van der Waals surface area contributed by atoms with Crippen LogP contribution in [0.1, 0.15) is 41.5 Å². The summed E-state index contributed by atoms with van der Waals surface area (Å²) in [4.78, 5) is 27.4. The van der Waals surface area contributed by atoms with Crippen LogP contribution in [0.4, 0.5) is 4.39 Å². The van der Waals surface area contributed by atoms with Crippen LogP contribution in [-0.4, -0.2) is 44.6 Å². The fourth-order valence-electron chi connectivity index (χ4n) is 5.44. The molecule has 38 heavy (non-hydrogen) atoms. The molecular formula is C30H30FNO5S. The predicted octanol–water partition coefficient (Wildman–Crippen LogP) is 4.69. The molecule has 1 amide bonds. The first kappa shape index (κ1) is 26.1. The summed E-state index contributed by atoms with van der Waals surface area (Å²) in [6, 6.07) is 17.6. The first-order chi connectivity index (χ1) is 18.2. The minimum absolute atomic E-state index is 0.0125. The lowest BCUT2D eigenvalue weighted by Crippen LogP contribution is -2.37. The second-order valence-electron chi connectivity index (χ2n) is 10.0. The van der Waals surface area contributed by atoms with Crippen LogP contribution < -0.4 is 0 Å². The van der Waals surface area contributed by atoms with E-state index in [1.54, 1.807) is 30.0 Å². The van der Waals surface area contributed by atoms with E-state index in [0.29, 0.717) is 40.8 Å². The second-order valence-corrected chi connectivity index (χ2v) is 12.0. The number of hydrogen-bond donors (Lipinski definition) is 0. The van der Waals surface area contributed by atoms with Gasteiger partial charge in [0.2, 0.25) is 5.91 Å². The summed E-state index contributed by atoms with van der Waals surface area (Å²) in [5.41, 5.74) is 3.80. The van der Waals surface area contributed by atoms with E-state index < -0.39 is 15.8 Å². The number of sulfone groups is 1. The molecule has 5 rings (SSSR count). The second kappa shape index (κ2) is 10.3. The van der Waals surface area contributed by atoms with Gasteiger partial charge in [-0.1, -0.05) is 42.5 Å². The average molecular weight is 536 g/mol. The maximum atomic E-state index is 14.9. The molecule has 0 bridgehead atoms. The largest absolute Gasteiger partial charge is 0.466 e. The fraction of sp³-hybridized carbons (Fsp3) is 0.333. The molecule has 0 saturated heterocycles. The zero-order valence-electron chi connectivity index (χ0n) is 21.4. The minimum Gasteiger partial charge on any atom is -0.466 e. The summed E-state index contributed by atoms with van der Waals surface area (Å²) in [5, 5.41) is 0. The number of benzene rings is 3. The number of fused-ring (bicyclic) bond motifs is 1. The van der Waals surface area contributed by atoms with Gasteiger partial charge in [-0.3, -0.25) is 9.59 Å². The van der Waals surface area contributed by atoms with E-state index in [9.17, 15) is 22.4 Å². The molecule has 0 N–H and O–H groups in total. The van der Waals surface area contributed by atoms with E-state index in [2.05, 4.69) is 0 Å². The van der Waals surface area contributed by atoms with Gasteiger partial charge in [0.05, 0.1) is 17.9 Å². The normalized spacial score (nSPS) is 18.6. The molecule has 2 aliphatic rings. The van der Waals surface area contributed by atoms with Gasteiger partial charge in [0.25, 0.3) is 0 Å². The van der Waals surface area contributed by atoms with E-state index in [1.165, 1.54) is 12.1 Å². The van der Waals surface area contributed by atoms with Gasteiger partial charge in [-0.25, -0.2) is 12.8 Å². The van der Waals surface area contributed by atoms with Crippen LogP contribution >= 0.6 is 0 Å². The number of hydrogen-bond acceptors (Lipinski definition) is 5. The van der Waals surface area contributed by atoms with Gasteiger partial charge in [-0.15, -0.1) is 0 Å². The van der Waals surface area contributed by atoms with E-state index in [4.69, 9.17) is 4.74 Å². The van der Waals surface area contributed by atoms with Crippen molar-refractivity contribution in [1.29, 1.82) is 0 Å². The molecule has 1 aliphatic heterocycles. The molecule has 0 spiro atoms. The van der Waals surface area contributed by atoms with Crippen LogP contribution in [0.15, 0.2) is 65.6 Å². The van der Waals surface area contributed by atoms with Crippen molar-refractivity contribution in [3.05, 3.63) is 88.7 Å². The molecule has 1 saturated carbocycles. The summed E-state index contributed by atoms with van der Waals surface area (Å²) in [7, 11) is -3.64. The summed E-state index contributed by atoms with van der Waals surface area (Å²) in [6.45, 7) is 2.57. The Bertz CT molecular complexity index is 1500. The maximum absolute atomic E-state index is 14.9. The van der Waals surface area contributed by atoms with Gasteiger partial charge in [0, 0.05) is 30.8 Å². The van der Waals surface area contributed by atoms with Crippen molar-refractivity contribution < 1.29 is 27.1 Å². The monoisotopic (exact) mass is 535 g/mol. The Hall–Kier alpha value is -3.52. The predicted molar refractivity (Wildman–Crippen MR) is 142 cm³/mol. The van der Waals surface area contributed by atoms with Crippen molar-refractivity contribution >= 4 is 21.7 Å². The van der Waals surface area contributed by atoms with E-state index in [0.717, 1.165) is 18.2 Å². The van der Waals surface area contributed by atoms with Crippen LogP contribution in [0.5, 0.6) is 0 Å². The molecule has 198 valence electrons. The highest BCUT2D eigenvalue weighted by Crippen LogP contribution is 2.49. The van der Waals surface area contributed by atoms with Crippen LogP contribution in [0.25, 0.3) is 11.1 Å². The maximum Gasteiger partial charge on any atom is 0.310 e. The molecule has 1 aliphatic carbocycles. The molecule has 0 aromatic heterocycles. The Kier molecular flexibility index (Phi) is 7.09. The number of halogens is 1. The molecule has 8 heteroatoms. The third-order valence-corrected chi connectivity index (χ3v) is 8.54. The van der Waals surface area contributed by atoms with Crippen molar-refractivity contribution in [2.24, 2.45) is 5.92 Å². The molecule has 6 nitrogen and oxygen atoms in total. The molecular weight excluding hydrogens is 505 g/mol. The smallest absolute Gasteiger partial charge is 0.310 e. The lowest BCUT2D eigenvalue weighted by molar-refractivity contribution is -0.142. The lowest BCUT2D eigenvalue weighted by atomic mass is 9.89. The highest BCUT2D eigenvalue weighted by molar-refractivity contribution is 7.90. The Labute approximate surface area is 222 Å². The molecule has 3 aromatic rings. The minimum atomic E-state index is -3.64. The number of amides is 1. The third-order valence-electron chi connectivity index (χ3n) is 7.39. The zero-order valence-corrected chi connectivity index (χ0v) is 22.3. The molecule has 3 aromatic carbocycles. The number of rotatable bonds is 7. The Morgan fingerprint density at radius 3 is 2.50 bits per heavy atom. The zero-order chi connectivity index (χ0) is 27.0. The van der Waals surface area contributed by atoms with Gasteiger partial charge >= 0.3 is 5.97 Å². The quantitative estimate of drug-likeness (QED) is 0.410. The van der Waals surface area contributed by atoms with E-state index in [-0.39, 0.29) is 48.0 Å². The van der Waals surface area contributed by atoms with E-state index in [1.807, 2.05) is 30.3 Å². The molecule has 2 atom stereocenters. The topological polar surface area (TPSA) is 80.8 Å². The fourth-order valence-corrected chi connectivity index (χ4v) is 6.33. The first-order valence-electron chi connectivity index (χ1n) is 12.8. The third kappa shape index (κ3) is 5.23. The summed E-state index contributed by atoms with van der Waals surface area (Å²) < 4.78 is 45.4. The molecule has 0 radical (unpaired) electrons. The molecule has 0 unspecified atom stereocenters. The van der Waals surface area contributed by atoms with Crippen molar-refractivity contribution in [2.75, 3.05) is 19.4 Å². The highest BCUT2D eigenvalue weighted by Gasteiger charge is 2.46. The summed E-state index contributed by atoms with van der Waals surface area (Å²) >= 11 is 0. The van der Waals surface area contributed by atoms with E-state index >= 15 is 0 Å². The van der Waals surface area contributed by atoms with Crippen LogP contribution in [-0.2, 0) is 43.5 Å². The number of esters is 1. The SMILES string of the molecule is CCOC(=O)Cc1ccc(S(C)(=O)=O)c(-c2ccc(F)c3c2CN(C(=O)[C@@H]2C[C@H]2c2ccccc2)CC3)c1. The number of nitrogens with zero attached hydrogens (tertiary/aromatic N) is 1. The standard InChI is InChI=1S/C30H30FNO5S/c1-3-37-29(33)16-19-9-12-28(38(2,35)36)24(15-19)21-10-11-27(31)22-13-14-32(18-26(21)22)30(34)25-17-23(25)20-7-5-4-6-8-20/h4-12,15,23,25H,3,13-14,16-18H2,1-2H3/t23-,25+/m0/s1. The number of carbonyl (C=O) groups is 2. The lowest BCUT2D eigenvalue weighted by Gasteiger charge is -2.31. The van der Waals surface area contributed by atoms with Crippen molar-refractivity contribution in [3.63, 3.8) is 0 Å². The Balaban J connectivity index is 1.50. The molecule has 1 heterocycles.